The van der Waals surface area contributed by atoms with Gasteiger partial charge >= 0.3 is 0 Å². The Hall–Kier alpha value is -1.91. The molecule has 0 aliphatic carbocycles. The van der Waals surface area contributed by atoms with Crippen molar-refractivity contribution in [3.63, 3.8) is 0 Å². The van der Waals surface area contributed by atoms with E-state index in [-0.39, 0.29) is 35.5 Å². The minimum atomic E-state index is -0.344. The molecule has 9 heteroatoms. The van der Waals surface area contributed by atoms with Crippen molar-refractivity contribution < 1.29 is 9.13 Å². The van der Waals surface area contributed by atoms with Gasteiger partial charge in [0.2, 0.25) is 0 Å². The predicted molar refractivity (Wildman–Crippen MR) is 115 cm³/mol. The fourth-order valence-corrected chi connectivity index (χ4v) is 2.36. The molecule has 0 radical (unpaired) electrons. The number of hydrogen-bond donors (Lipinski definition) is 1. The van der Waals surface area contributed by atoms with Crippen LogP contribution in [0, 0.1) is 5.82 Å². The Labute approximate surface area is 177 Å². The zero-order valence-corrected chi connectivity index (χ0v) is 18.2. The Balaban J connectivity index is 0.00000364. The Bertz CT molecular complexity index is 668. The van der Waals surface area contributed by atoms with Crippen LogP contribution in [0.1, 0.15) is 19.8 Å². The van der Waals surface area contributed by atoms with Gasteiger partial charge in [-0.15, -0.1) is 34.2 Å². The minimum absolute atomic E-state index is 0. The normalized spacial score (nSPS) is 11.0. The molecule has 0 bridgehead atoms. The van der Waals surface area contributed by atoms with Crippen LogP contribution in [-0.4, -0.2) is 58.9 Å². The van der Waals surface area contributed by atoms with Gasteiger partial charge in [0.05, 0.1) is 6.54 Å². The zero-order valence-electron chi connectivity index (χ0n) is 15.8. The number of hydrogen-bond acceptors (Lipinski definition) is 4. The lowest BCUT2D eigenvalue weighted by Crippen LogP contribution is -2.41. The number of ether oxygens (including phenoxy) is 1. The third kappa shape index (κ3) is 8.55. The van der Waals surface area contributed by atoms with Gasteiger partial charge in [-0.2, -0.15) is 0 Å². The fraction of sp³-hybridized carbons (Fsp3) is 0.500. The molecule has 2 rings (SSSR count). The smallest absolute Gasteiger partial charge is 0.193 e. The lowest BCUT2D eigenvalue weighted by atomic mass is 10.3. The first-order chi connectivity index (χ1) is 12.7. The Morgan fingerprint density at radius 3 is 2.70 bits per heavy atom. The third-order valence-electron chi connectivity index (χ3n) is 3.77. The summed E-state index contributed by atoms with van der Waals surface area (Å²) in [6, 6.07) is 6.43. The molecule has 1 aromatic carbocycles. The van der Waals surface area contributed by atoms with Gasteiger partial charge < -0.3 is 19.5 Å². The number of aryl methyl sites for hydroxylation is 1. The molecule has 0 spiro atoms. The van der Waals surface area contributed by atoms with Crippen molar-refractivity contribution in [2.75, 3.05) is 33.3 Å². The van der Waals surface area contributed by atoms with Crippen molar-refractivity contribution in [1.29, 1.82) is 0 Å². The molecular formula is C18H28FIN6O. The molecule has 0 saturated carbocycles. The number of unbranched alkanes of at least 4 members (excludes halogenated alkanes) is 1. The summed E-state index contributed by atoms with van der Waals surface area (Å²) in [4.78, 5) is 6.63. The fourth-order valence-electron chi connectivity index (χ4n) is 2.36. The summed E-state index contributed by atoms with van der Waals surface area (Å²) in [7, 11) is 1.95. The van der Waals surface area contributed by atoms with E-state index in [1.54, 1.807) is 30.9 Å². The molecule has 0 fully saturated rings. The van der Waals surface area contributed by atoms with Crippen molar-refractivity contribution in [3.8, 4) is 5.75 Å². The van der Waals surface area contributed by atoms with E-state index in [4.69, 9.17) is 4.74 Å². The lowest BCUT2D eigenvalue weighted by molar-refractivity contribution is 0.270. The van der Waals surface area contributed by atoms with Crippen LogP contribution in [0.4, 0.5) is 4.39 Å². The monoisotopic (exact) mass is 490 g/mol. The standard InChI is InChI=1S/C18H27FN6O.HI/c1-3-20-18(21-10-6-7-11-25-14-22-23-15-25)24(2)12-13-26-17-9-5-4-8-16(17)19;/h4-5,8-9,14-15H,3,6-7,10-13H2,1-2H3,(H,20,21);1H. The van der Waals surface area contributed by atoms with Crippen LogP contribution in [0.5, 0.6) is 5.75 Å². The van der Waals surface area contributed by atoms with Crippen LogP contribution in [0.3, 0.4) is 0 Å². The maximum Gasteiger partial charge on any atom is 0.193 e. The number of benzene rings is 1. The molecule has 1 N–H and O–H groups in total. The van der Waals surface area contributed by atoms with Gasteiger partial charge in [-0.3, -0.25) is 4.99 Å². The van der Waals surface area contributed by atoms with E-state index in [2.05, 4.69) is 20.5 Å². The van der Waals surface area contributed by atoms with Gasteiger partial charge in [-0.05, 0) is 31.9 Å². The SMILES string of the molecule is CCNC(=NCCCCn1cnnc1)N(C)CCOc1ccccc1F.I. The highest BCUT2D eigenvalue weighted by molar-refractivity contribution is 14.0. The summed E-state index contributed by atoms with van der Waals surface area (Å²) in [5.41, 5.74) is 0. The molecule has 2 aromatic rings. The summed E-state index contributed by atoms with van der Waals surface area (Å²) in [6.07, 6.45) is 5.43. The van der Waals surface area contributed by atoms with Gasteiger partial charge in [0, 0.05) is 26.7 Å². The predicted octanol–water partition coefficient (Wildman–Crippen LogP) is 2.79. The molecule has 0 aliphatic heterocycles. The Morgan fingerprint density at radius 2 is 2.00 bits per heavy atom. The van der Waals surface area contributed by atoms with Crippen LogP contribution in [0.15, 0.2) is 41.9 Å². The molecule has 27 heavy (non-hydrogen) atoms. The number of halogens is 2. The van der Waals surface area contributed by atoms with Gasteiger partial charge in [0.1, 0.15) is 19.3 Å². The number of nitrogens with zero attached hydrogens (tertiary/aromatic N) is 5. The average Bonchev–Trinajstić information content (AvgIpc) is 3.15. The second kappa shape index (κ2) is 13.3. The lowest BCUT2D eigenvalue weighted by Gasteiger charge is -2.22. The van der Waals surface area contributed by atoms with E-state index in [9.17, 15) is 4.39 Å². The largest absolute Gasteiger partial charge is 0.489 e. The number of guanidine groups is 1. The van der Waals surface area contributed by atoms with Crippen LogP contribution in [0.25, 0.3) is 0 Å². The summed E-state index contributed by atoms with van der Waals surface area (Å²) in [5, 5.41) is 10.8. The summed E-state index contributed by atoms with van der Waals surface area (Å²) in [5.74, 6) is 0.759. The molecule has 0 amide bonds. The van der Waals surface area contributed by atoms with Gasteiger partial charge in [0.25, 0.3) is 0 Å². The van der Waals surface area contributed by atoms with Gasteiger partial charge in [-0.1, -0.05) is 12.1 Å². The highest BCUT2D eigenvalue weighted by Crippen LogP contribution is 2.14. The number of para-hydroxylation sites is 1. The van der Waals surface area contributed by atoms with E-state index >= 15 is 0 Å². The molecule has 0 unspecified atom stereocenters. The molecule has 0 saturated heterocycles. The molecule has 1 heterocycles. The average molecular weight is 490 g/mol. The highest BCUT2D eigenvalue weighted by Gasteiger charge is 2.07. The second-order valence-corrected chi connectivity index (χ2v) is 5.84. The molecule has 1 aromatic heterocycles. The summed E-state index contributed by atoms with van der Waals surface area (Å²) < 4.78 is 21.0. The summed E-state index contributed by atoms with van der Waals surface area (Å²) >= 11 is 0. The first-order valence-electron chi connectivity index (χ1n) is 8.90. The first-order valence-corrected chi connectivity index (χ1v) is 8.90. The van der Waals surface area contributed by atoms with Crippen molar-refractivity contribution in [2.45, 2.75) is 26.3 Å². The number of aliphatic imine (C=N–C) groups is 1. The van der Waals surface area contributed by atoms with Crippen LogP contribution < -0.4 is 10.1 Å². The minimum Gasteiger partial charge on any atom is -0.489 e. The number of aromatic nitrogens is 3. The van der Waals surface area contributed by atoms with Crippen molar-refractivity contribution in [2.24, 2.45) is 4.99 Å². The van der Waals surface area contributed by atoms with E-state index in [1.165, 1.54) is 6.07 Å². The number of likely N-dealkylation sites (N-methyl/N-ethyl adjacent to an activating group) is 1. The molecule has 150 valence electrons. The maximum absolute atomic E-state index is 13.6. The summed E-state index contributed by atoms with van der Waals surface area (Å²) in [6.45, 7) is 5.45. The second-order valence-electron chi connectivity index (χ2n) is 5.84. The van der Waals surface area contributed by atoms with Crippen molar-refractivity contribution >= 4 is 29.9 Å². The van der Waals surface area contributed by atoms with Crippen LogP contribution in [-0.2, 0) is 6.54 Å². The third-order valence-corrected chi connectivity index (χ3v) is 3.77. The van der Waals surface area contributed by atoms with E-state index in [0.717, 1.165) is 38.4 Å². The quantitative estimate of drug-likeness (QED) is 0.240. The van der Waals surface area contributed by atoms with Gasteiger partial charge in [0.15, 0.2) is 17.5 Å². The van der Waals surface area contributed by atoms with E-state index < -0.39 is 0 Å². The Kier molecular flexibility index (Phi) is 11.4. The number of rotatable bonds is 10. The van der Waals surface area contributed by atoms with Crippen LogP contribution in [0.2, 0.25) is 0 Å². The molecule has 7 nitrogen and oxygen atoms in total. The zero-order chi connectivity index (χ0) is 18.6. The number of nitrogens with one attached hydrogen (secondary N) is 1. The highest BCUT2D eigenvalue weighted by atomic mass is 127. The molecular weight excluding hydrogens is 462 g/mol. The molecule has 0 aliphatic rings. The van der Waals surface area contributed by atoms with Crippen molar-refractivity contribution in [3.05, 3.63) is 42.7 Å². The Morgan fingerprint density at radius 1 is 1.26 bits per heavy atom. The first kappa shape index (κ1) is 23.1. The molecule has 0 atom stereocenters. The topological polar surface area (TPSA) is 67.6 Å². The van der Waals surface area contributed by atoms with Crippen molar-refractivity contribution in [1.82, 2.24) is 25.0 Å². The maximum atomic E-state index is 13.6. The van der Waals surface area contributed by atoms with Crippen LogP contribution >= 0.6 is 24.0 Å². The van der Waals surface area contributed by atoms with Gasteiger partial charge in [-0.25, -0.2) is 4.39 Å². The van der Waals surface area contributed by atoms with E-state index in [0.29, 0.717) is 13.2 Å². The van der Waals surface area contributed by atoms with E-state index in [1.807, 2.05) is 23.4 Å².